The molecule has 1 aromatic rings. The fraction of sp³-hybridized carbons (Fsp3) is 0.300. The Hall–Kier alpha value is -1.06. The maximum atomic E-state index is 10.8. The number of benzene rings is 1. The Labute approximate surface area is 87.8 Å². The Morgan fingerprint density at radius 3 is 2.79 bits per heavy atom. The third kappa shape index (κ3) is 3.01. The lowest BCUT2D eigenvalue weighted by Crippen LogP contribution is -2.34. The van der Waals surface area contributed by atoms with Crippen molar-refractivity contribution in [3.8, 4) is 5.75 Å². The zero-order chi connectivity index (χ0) is 10.6. The van der Waals surface area contributed by atoms with Crippen molar-refractivity contribution < 1.29 is 9.53 Å². The third-order valence-corrected chi connectivity index (χ3v) is 2.09. The van der Waals surface area contributed by atoms with E-state index >= 15 is 0 Å². The second-order valence-corrected chi connectivity index (χ2v) is 3.37. The van der Waals surface area contributed by atoms with Gasteiger partial charge in [0, 0.05) is 0 Å². The molecule has 0 aliphatic carbocycles. The van der Waals surface area contributed by atoms with Gasteiger partial charge in [-0.1, -0.05) is 23.7 Å². The van der Waals surface area contributed by atoms with E-state index in [9.17, 15) is 4.79 Å². The molecule has 0 aromatic heterocycles. The Bertz CT molecular complexity index is 328. The van der Waals surface area contributed by atoms with Gasteiger partial charge in [-0.15, -0.1) is 0 Å². The van der Waals surface area contributed by atoms with Gasteiger partial charge < -0.3 is 10.5 Å². The normalized spacial score (nSPS) is 12.2. The number of hydrogen-bond acceptors (Lipinski definition) is 3. The zero-order valence-corrected chi connectivity index (χ0v) is 8.62. The molecule has 0 spiro atoms. The molecule has 1 atom stereocenters. The maximum Gasteiger partial charge on any atom is 0.149 e. The van der Waals surface area contributed by atoms with E-state index in [1.165, 1.54) is 6.92 Å². The highest BCUT2D eigenvalue weighted by Gasteiger charge is 2.09. The molecule has 0 fully saturated rings. The van der Waals surface area contributed by atoms with Crippen molar-refractivity contribution in [3.05, 3.63) is 29.3 Å². The van der Waals surface area contributed by atoms with Crippen LogP contribution in [0.15, 0.2) is 24.3 Å². The minimum Gasteiger partial charge on any atom is -0.490 e. The van der Waals surface area contributed by atoms with Crippen LogP contribution in [-0.4, -0.2) is 18.4 Å². The van der Waals surface area contributed by atoms with Crippen LogP contribution in [0.5, 0.6) is 5.75 Å². The van der Waals surface area contributed by atoms with Crippen LogP contribution in [0.4, 0.5) is 0 Å². The van der Waals surface area contributed by atoms with Crippen molar-refractivity contribution in [1.82, 2.24) is 0 Å². The van der Waals surface area contributed by atoms with Crippen molar-refractivity contribution >= 4 is 17.4 Å². The first-order valence-corrected chi connectivity index (χ1v) is 4.62. The summed E-state index contributed by atoms with van der Waals surface area (Å²) >= 11 is 5.84. The molecular formula is C10H12ClNO2. The van der Waals surface area contributed by atoms with Crippen molar-refractivity contribution in [2.24, 2.45) is 5.73 Å². The third-order valence-electron chi connectivity index (χ3n) is 1.78. The van der Waals surface area contributed by atoms with Crippen molar-refractivity contribution in [2.45, 2.75) is 13.0 Å². The number of rotatable bonds is 4. The number of Topliss-reactive ketones (excluding diaryl/α,β-unsaturated/α-hetero) is 1. The quantitative estimate of drug-likeness (QED) is 0.827. The molecule has 0 aliphatic rings. The first-order valence-electron chi connectivity index (χ1n) is 4.24. The number of nitrogens with two attached hydrogens (primary N) is 1. The number of carbonyl (C=O) groups is 1. The van der Waals surface area contributed by atoms with E-state index in [-0.39, 0.29) is 12.4 Å². The van der Waals surface area contributed by atoms with Crippen LogP contribution in [-0.2, 0) is 4.79 Å². The summed E-state index contributed by atoms with van der Waals surface area (Å²) in [5.41, 5.74) is 5.50. The van der Waals surface area contributed by atoms with Gasteiger partial charge in [-0.25, -0.2) is 0 Å². The molecule has 0 heterocycles. The summed E-state index contributed by atoms with van der Waals surface area (Å²) in [4.78, 5) is 10.8. The van der Waals surface area contributed by atoms with E-state index < -0.39 is 6.04 Å². The molecule has 0 radical (unpaired) electrons. The van der Waals surface area contributed by atoms with Crippen LogP contribution in [0.1, 0.15) is 6.92 Å². The first-order chi connectivity index (χ1) is 6.61. The fourth-order valence-electron chi connectivity index (χ4n) is 0.859. The summed E-state index contributed by atoms with van der Waals surface area (Å²) in [5, 5.41) is 0.517. The van der Waals surface area contributed by atoms with Crippen LogP contribution < -0.4 is 10.5 Å². The second-order valence-electron chi connectivity index (χ2n) is 2.96. The molecule has 2 N–H and O–H groups in total. The number of ether oxygens (including phenoxy) is 1. The van der Waals surface area contributed by atoms with E-state index in [2.05, 4.69) is 0 Å². The highest BCUT2D eigenvalue weighted by molar-refractivity contribution is 6.32. The largest absolute Gasteiger partial charge is 0.490 e. The predicted octanol–water partition coefficient (Wildman–Crippen LogP) is 1.64. The van der Waals surface area contributed by atoms with Crippen LogP contribution in [0.2, 0.25) is 5.02 Å². The minimum absolute atomic E-state index is 0.1000. The van der Waals surface area contributed by atoms with Gasteiger partial charge in [0.25, 0.3) is 0 Å². The summed E-state index contributed by atoms with van der Waals surface area (Å²) in [6.45, 7) is 1.58. The van der Waals surface area contributed by atoms with Crippen molar-refractivity contribution in [2.75, 3.05) is 6.61 Å². The standard InChI is InChI=1S/C10H12ClNO2/c1-7(13)9(12)6-14-10-5-3-2-4-8(10)11/h2-5,9H,6,12H2,1H3/t9-/m0/s1. The lowest BCUT2D eigenvalue weighted by molar-refractivity contribution is -0.118. The average Bonchev–Trinajstić information content (AvgIpc) is 2.16. The molecule has 0 saturated carbocycles. The van der Waals surface area contributed by atoms with Gasteiger partial charge in [-0.3, -0.25) is 4.79 Å². The Morgan fingerprint density at radius 2 is 2.21 bits per heavy atom. The SMILES string of the molecule is CC(=O)[C@@H](N)COc1ccccc1Cl. The Morgan fingerprint density at radius 1 is 1.57 bits per heavy atom. The number of ketones is 1. The summed E-state index contributed by atoms with van der Waals surface area (Å²) in [6, 6.07) is 6.47. The van der Waals surface area contributed by atoms with E-state index in [0.717, 1.165) is 0 Å². The van der Waals surface area contributed by atoms with Gasteiger partial charge in [0.05, 0.1) is 11.1 Å². The van der Waals surface area contributed by atoms with E-state index in [1.807, 2.05) is 0 Å². The number of halogens is 1. The fourth-order valence-corrected chi connectivity index (χ4v) is 1.05. The molecule has 14 heavy (non-hydrogen) atoms. The monoisotopic (exact) mass is 213 g/mol. The lowest BCUT2D eigenvalue weighted by atomic mass is 10.2. The summed E-state index contributed by atoms with van der Waals surface area (Å²) in [6.07, 6.45) is 0. The first kappa shape index (κ1) is 11.0. The molecule has 0 aliphatic heterocycles. The van der Waals surface area contributed by atoms with E-state index in [4.69, 9.17) is 22.1 Å². The van der Waals surface area contributed by atoms with Crippen LogP contribution in [0, 0.1) is 0 Å². The Kier molecular flexibility index (Phi) is 3.92. The van der Waals surface area contributed by atoms with Gasteiger partial charge in [0.1, 0.15) is 18.1 Å². The molecule has 0 saturated heterocycles. The Balaban J connectivity index is 2.54. The van der Waals surface area contributed by atoms with Gasteiger partial charge >= 0.3 is 0 Å². The average molecular weight is 214 g/mol. The van der Waals surface area contributed by atoms with Gasteiger partial charge in [0.2, 0.25) is 0 Å². The van der Waals surface area contributed by atoms with E-state index in [0.29, 0.717) is 10.8 Å². The number of para-hydroxylation sites is 1. The molecule has 1 aromatic carbocycles. The summed E-state index contributed by atoms with van der Waals surface area (Å²) in [7, 11) is 0. The topological polar surface area (TPSA) is 52.3 Å². The molecular weight excluding hydrogens is 202 g/mol. The number of carbonyl (C=O) groups excluding carboxylic acids is 1. The van der Waals surface area contributed by atoms with Crippen molar-refractivity contribution in [1.29, 1.82) is 0 Å². The summed E-state index contributed by atoms with van der Waals surface area (Å²) in [5.74, 6) is 0.447. The highest BCUT2D eigenvalue weighted by Crippen LogP contribution is 2.22. The molecule has 76 valence electrons. The predicted molar refractivity (Wildman–Crippen MR) is 55.6 cm³/mol. The molecule has 3 nitrogen and oxygen atoms in total. The van der Waals surface area contributed by atoms with Crippen LogP contribution >= 0.6 is 11.6 Å². The lowest BCUT2D eigenvalue weighted by Gasteiger charge is -2.10. The molecule has 0 amide bonds. The van der Waals surface area contributed by atoms with Crippen molar-refractivity contribution in [3.63, 3.8) is 0 Å². The number of hydrogen-bond donors (Lipinski definition) is 1. The highest BCUT2D eigenvalue weighted by atomic mass is 35.5. The maximum absolute atomic E-state index is 10.8. The smallest absolute Gasteiger partial charge is 0.149 e. The van der Waals surface area contributed by atoms with Gasteiger partial charge in [-0.2, -0.15) is 0 Å². The molecule has 0 unspecified atom stereocenters. The van der Waals surface area contributed by atoms with E-state index in [1.54, 1.807) is 24.3 Å². The molecule has 0 bridgehead atoms. The van der Waals surface area contributed by atoms with Crippen LogP contribution in [0.3, 0.4) is 0 Å². The molecule has 1 rings (SSSR count). The molecule has 4 heteroatoms. The second kappa shape index (κ2) is 4.98. The minimum atomic E-state index is -0.591. The van der Waals surface area contributed by atoms with Crippen LogP contribution in [0.25, 0.3) is 0 Å². The summed E-state index contributed by atoms with van der Waals surface area (Å²) < 4.78 is 5.28. The van der Waals surface area contributed by atoms with Gasteiger partial charge in [0.15, 0.2) is 0 Å². The zero-order valence-electron chi connectivity index (χ0n) is 7.87. The van der Waals surface area contributed by atoms with Gasteiger partial charge in [-0.05, 0) is 19.1 Å².